The second kappa shape index (κ2) is 30.6. The van der Waals surface area contributed by atoms with E-state index in [1.165, 1.54) is 28.4 Å². The Morgan fingerprint density at radius 3 is 2.37 bits per heavy atom. The lowest BCUT2D eigenvalue weighted by atomic mass is 9.48. The molecule has 100 heavy (non-hydrogen) atoms. The van der Waals surface area contributed by atoms with Crippen molar-refractivity contribution in [3.63, 3.8) is 0 Å². The second-order valence-electron chi connectivity index (χ2n) is 28.7. The number of unbranched alkanes of at least 4 members (excludes halogenated alkanes) is 3. The molecule has 11 rings (SSSR count). The number of aliphatic hydroxyl groups excluding tert-OH is 1. The number of nitrogens with one attached hydrogen (secondary N) is 3. The number of para-hydroxylation sites is 1. The number of benzene rings is 4. The van der Waals surface area contributed by atoms with Crippen LogP contribution in [0.15, 0.2) is 109 Å². The van der Waals surface area contributed by atoms with Crippen molar-refractivity contribution in [2.75, 3.05) is 45.2 Å². The van der Waals surface area contributed by atoms with Gasteiger partial charge < -0.3 is 49.8 Å². The average Bonchev–Trinajstić information content (AvgIpc) is 0.876. The van der Waals surface area contributed by atoms with Crippen molar-refractivity contribution in [2.24, 2.45) is 16.2 Å². The average molecular weight is 1390 g/mol. The number of carboxylic acid groups (broad SMARTS) is 2. The summed E-state index contributed by atoms with van der Waals surface area (Å²) in [5, 5.41) is 46.1. The van der Waals surface area contributed by atoms with E-state index in [1.54, 1.807) is 49.6 Å². The van der Waals surface area contributed by atoms with Gasteiger partial charge >= 0.3 is 18.0 Å². The van der Waals surface area contributed by atoms with Gasteiger partial charge in [0.15, 0.2) is 16.9 Å². The Kier molecular flexibility index (Phi) is 22.0. The van der Waals surface area contributed by atoms with Gasteiger partial charge in [-0.2, -0.15) is 5.10 Å². The number of carbonyl (C=O) groups is 8. The number of fused-ring (bicyclic) bond motifs is 4. The molecule has 2 bridgehead atoms. The number of anilines is 1. The molecule has 5 heterocycles. The first-order chi connectivity index (χ1) is 47.7. The molecule has 6 amide bonds. The zero-order valence-electron chi connectivity index (χ0n) is 57.3. The van der Waals surface area contributed by atoms with Crippen LogP contribution >= 0.6 is 11.3 Å². The fourth-order valence-electron chi connectivity index (χ4n) is 15.7. The standard InChI is InChI=1S/C75H87N9O15S/c1-46-56(53-25-26-57(79-66(53)69(93)94)49-22-21-47-16-14-17-54(55(47)34-49)67(90)81-70-80-58-18-9-10-19-60(58)100-70)37-78-84(46)45-74(5)42-73(4)40-72(2,3)41-75(43-73,44-74)97-32-31-82(6)71(95)96-39-50-23-24-52(98-65-36-51(85)35-59(99-65)68(91)92)33-48(50)15-11-12-29-76-62(87)38-77-61(86)20-8-7-13-30-83-63(88)27-28-64(83)89/h9-10,14,16-19,21-28,33-34,37,51,59,65,85H,7-8,11-13,15,20,29-32,35-36,38-45H2,1-6H3,(H,76,87)(H,77,86)(H,91,92)(H,93,94)(H,80,81,90)/t51-,59-,65+,73?,74?,75?/m0/s1. The third kappa shape index (κ3) is 17.6. The maximum absolute atomic E-state index is 13.8. The van der Waals surface area contributed by atoms with Gasteiger partial charge in [-0.25, -0.2) is 24.4 Å². The van der Waals surface area contributed by atoms with Crippen LogP contribution in [0.25, 0.3) is 43.4 Å². The van der Waals surface area contributed by atoms with Crippen LogP contribution in [0.5, 0.6) is 5.75 Å². The summed E-state index contributed by atoms with van der Waals surface area (Å²) in [6.45, 7) is 12.5. The summed E-state index contributed by atoms with van der Waals surface area (Å²) < 4.78 is 27.7. The molecule has 25 heteroatoms. The van der Waals surface area contributed by atoms with Crippen LogP contribution in [0.3, 0.4) is 0 Å². The smallest absolute Gasteiger partial charge is 0.409 e. The normalized spacial score (nSPS) is 21.6. The molecule has 6 N–H and O–H groups in total. The number of aromatic nitrogens is 4. The molecule has 2 aliphatic carbocycles. The number of thiazole rings is 1. The summed E-state index contributed by atoms with van der Waals surface area (Å²) >= 11 is 1.39. The topological polar surface area (TPSA) is 320 Å². The Bertz CT molecular complexity index is 4250. The molecule has 1 saturated heterocycles. The number of aromatic carboxylic acids is 1. The van der Waals surface area contributed by atoms with Crippen molar-refractivity contribution < 1.29 is 72.6 Å². The maximum atomic E-state index is 13.8. The predicted molar refractivity (Wildman–Crippen MR) is 374 cm³/mol. The van der Waals surface area contributed by atoms with Crippen LogP contribution in [0.2, 0.25) is 0 Å². The number of amides is 6. The second-order valence-corrected chi connectivity index (χ2v) is 29.7. The van der Waals surface area contributed by atoms with Gasteiger partial charge in [-0.1, -0.05) is 87.9 Å². The number of aryl methyl sites for hydroxylation is 1. The van der Waals surface area contributed by atoms with E-state index in [2.05, 4.69) is 48.6 Å². The Morgan fingerprint density at radius 1 is 0.790 bits per heavy atom. The Morgan fingerprint density at radius 2 is 1.59 bits per heavy atom. The van der Waals surface area contributed by atoms with E-state index in [0.717, 1.165) is 57.4 Å². The number of hydrogen-bond acceptors (Lipinski definition) is 17. The minimum absolute atomic E-state index is 0.0385. The highest BCUT2D eigenvalue weighted by atomic mass is 32.1. The van der Waals surface area contributed by atoms with Crippen LogP contribution in [0.4, 0.5) is 9.93 Å². The number of carboxylic acids is 2. The fourth-order valence-corrected chi connectivity index (χ4v) is 16.6. The van der Waals surface area contributed by atoms with E-state index in [9.17, 15) is 53.7 Å². The van der Waals surface area contributed by atoms with Crippen LogP contribution in [-0.2, 0) is 57.8 Å². The maximum Gasteiger partial charge on any atom is 0.409 e. The Labute approximate surface area is 583 Å². The Balaban J connectivity index is 0.697. The third-order valence-electron chi connectivity index (χ3n) is 19.3. The first-order valence-corrected chi connectivity index (χ1v) is 34.9. The quantitative estimate of drug-likeness (QED) is 0.0187. The molecule has 2 aliphatic heterocycles. The molecule has 0 radical (unpaired) electrons. The molecule has 528 valence electrons. The van der Waals surface area contributed by atoms with Gasteiger partial charge in [0.1, 0.15) is 12.4 Å². The number of pyridine rings is 1. The lowest BCUT2D eigenvalue weighted by molar-refractivity contribution is -0.195. The highest BCUT2D eigenvalue weighted by Gasteiger charge is 2.58. The largest absolute Gasteiger partial charge is 0.479 e. The highest BCUT2D eigenvalue weighted by Crippen LogP contribution is 2.63. The molecule has 2 saturated carbocycles. The minimum Gasteiger partial charge on any atom is -0.479 e. The fraction of sp³-hybridized carbons (Fsp3) is 0.453. The van der Waals surface area contributed by atoms with Crippen LogP contribution < -0.4 is 20.7 Å². The number of nitrogens with zero attached hydrogens (tertiary/aromatic N) is 6. The molecule has 3 unspecified atom stereocenters. The summed E-state index contributed by atoms with van der Waals surface area (Å²) in [6.07, 6.45) is 8.20. The number of aliphatic hydroxyl groups is 1. The first-order valence-electron chi connectivity index (χ1n) is 34.1. The van der Waals surface area contributed by atoms with Crippen LogP contribution in [0, 0.1) is 23.2 Å². The molecule has 4 aliphatic rings. The van der Waals surface area contributed by atoms with Crippen LogP contribution in [-0.4, -0.2) is 156 Å². The molecule has 6 atom stereocenters. The van der Waals surface area contributed by atoms with E-state index >= 15 is 0 Å². The molecule has 0 spiro atoms. The van der Waals surface area contributed by atoms with Crippen molar-refractivity contribution in [1.82, 2.24) is 40.2 Å². The molecule has 24 nitrogen and oxygen atoms in total. The summed E-state index contributed by atoms with van der Waals surface area (Å²) in [5.41, 5.74) is 4.55. The van der Waals surface area contributed by atoms with Gasteiger partial charge in [0, 0.05) is 92.6 Å². The third-order valence-corrected chi connectivity index (χ3v) is 20.3. The number of carbonyl (C=O) groups excluding carboxylic acids is 6. The first kappa shape index (κ1) is 71.8. The van der Waals surface area contributed by atoms with Crippen molar-refractivity contribution in [2.45, 2.75) is 162 Å². The van der Waals surface area contributed by atoms with Gasteiger partial charge in [0.2, 0.25) is 18.1 Å². The lowest BCUT2D eigenvalue weighted by Crippen LogP contribution is -2.57. The number of likely N-dealkylation sites (N-methyl/N-ethyl adjacent to an activating group) is 1. The zero-order chi connectivity index (χ0) is 71.1. The molecule has 7 aromatic rings. The number of aliphatic carboxylic acids is 1. The summed E-state index contributed by atoms with van der Waals surface area (Å²) in [5.74, 6) is -3.67. The van der Waals surface area contributed by atoms with E-state index in [4.69, 9.17) is 29.0 Å². The summed E-state index contributed by atoms with van der Waals surface area (Å²) in [7, 11) is 1.67. The zero-order valence-corrected chi connectivity index (χ0v) is 58.1. The van der Waals surface area contributed by atoms with E-state index < -0.39 is 42.1 Å². The molecule has 3 fully saturated rings. The monoisotopic (exact) mass is 1390 g/mol. The molecule has 3 aromatic heterocycles. The molecule has 4 aromatic carbocycles. The number of hydrogen-bond donors (Lipinski definition) is 6. The van der Waals surface area contributed by atoms with Crippen molar-refractivity contribution in [3.05, 3.63) is 137 Å². The van der Waals surface area contributed by atoms with Gasteiger partial charge in [0.25, 0.3) is 17.7 Å². The molecular formula is C75H87N9O15S. The van der Waals surface area contributed by atoms with E-state index in [1.807, 2.05) is 66.2 Å². The van der Waals surface area contributed by atoms with Crippen molar-refractivity contribution in [3.8, 4) is 28.1 Å². The summed E-state index contributed by atoms with van der Waals surface area (Å²) in [4.78, 5) is 113. The van der Waals surface area contributed by atoms with Gasteiger partial charge in [-0.05, 0) is 158 Å². The lowest BCUT2D eigenvalue weighted by Gasteiger charge is -2.61. The number of rotatable bonds is 29. The summed E-state index contributed by atoms with van der Waals surface area (Å²) in [6, 6.07) is 27.6. The SMILES string of the molecule is Cc1c(-c2ccc(-c3ccc4cccc(C(=O)Nc5nc6ccccc6s5)c4c3)nc2C(=O)O)cnn1CC1(C)CC2(C)CC(C)(C)CC(OCCN(C)C(=O)OCc3ccc(O[C@H]4C[C@@H](O)C[C@@H](C(=O)O)O4)cc3CCCCNC(=O)CNC(=O)CCCCCN3C(=O)C=CC3=O)(C1)C2. The molecular weight excluding hydrogens is 1300 g/mol. The van der Waals surface area contributed by atoms with Crippen molar-refractivity contribution in [1.29, 1.82) is 0 Å². The number of ether oxygens (including phenoxy) is 4. The number of imide groups is 1. The van der Waals surface area contributed by atoms with Gasteiger partial charge in [-0.3, -0.25) is 38.9 Å². The van der Waals surface area contributed by atoms with E-state index in [-0.39, 0.29) is 104 Å². The van der Waals surface area contributed by atoms with Gasteiger partial charge in [-0.15, -0.1) is 0 Å². The predicted octanol–water partition coefficient (Wildman–Crippen LogP) is 11.0. The van der Waals surface area contributed by atoms with E-state index in [0.29, 0.717) is 108 Å². The highest BCUT2D eigenvalue weighted by molar-refractivity contribution is 7.22. The van der Waals surface area contributed by atoms with Crippen LogP contribution in [0.1, 0.15) is 149 Å². The Hall–Kier alpha value is -9.43. The van der Waals surface area contributed by atoms with Gasteiger partial charge in [0.05, 0.1) is 47.0 Å². The minimum atomic E-state index is -1.24. The van der Waals surface area contributed by atoms with Crippen molar-refractivity contribution >= 4 is 85.0 Å².